The van der Waals surface area contributed by atoms with Crippen molar-refractivity contribution >= 4 is 21.8 Å². The first-order chi connectivity index (χ1) is 7.48. The molecular weight excluding hydrogens is 245 g/mol. The highest BCUT2D eigenvalue weighted by atomic mass is 32.8. The molecule has 0 spiro atoms. The van der Waals surface area contributed by atoms with Crippen molar-refractivity contribution in [3.8, 4) is 0 Å². The lowest BCUT2D eigenvalue weighted by molar-refractivity contribution is 0.357. The van der Waals surface area contributed by atoms with Crippen LogP contribution < -0.4 is 0 Å². The molecule has 1 aliphatic rings. The van der Waals surface area contributed by atoms with Crippen molar-refractivity contribution in [2.24, 2.45) is 4.99 Å². The first kappa shape index (κ1) is 14.4. The maximum atomic E-state index is 9.79. The number of nitrogens with zero attached hydrogens (tertiary/aromatic N) is 1. The van der Waals surface area contributed by atoms with Gasteiger partial charge in [-0.25, -0.2) is 0 Å². The highest BCUT2D eigenvalue weighted by molar-refractivity contribution is 8.85. The van der Waals surface area contributed by atoms with Crippen molar-refractivity contribution < 1.29 is 14.7 Å². The third-order valence-electron chi connectivity index (χ3n) is 3.01. The highest BCUT2D eigenvalue weighted by Crippen LogP contribution is 2.83. The standard InChI is InChI=1S/C10H23NO3PS/c1-3-9-16(4-2,15(12,13)14)10-7-5-6-8-11-10/h12-14H,3-9H2,1-2H3/q+1. The second kappa shape index (κ2) is 5.78. The smallest absolute Gasteiger partial charge is 0.281 e. The van der Waals surface area contributed by atoms with Gasteiger partial charge in [0.1, 0.15) is 0 Å². The highest BCUT2D eigenvalue weighted by Gasteiger charge is 2.55. The van der Waals surface area contributed by atoms with Gasteiger partial charge in [0, 0.05) is 18.1 Å². The molecule has 1 aliphatic heterocycles. The predicted octanol–water partition coefficient (Wildman–Crippen LogP) is 2.46. The van der Waals surface area contributed by atoms with Crippen molar-refractivity contribution in [3.63, 3.8) is 0 Å². The molecule has 3 N–H and O–H groups in total. The van der Waals surface area contributed by atoms with E-state index in [-0.39, 0.29) is 0 Å². The number of hydrogen-bond donors (Lipinski definition) is 3. The van der Waals surface area contributed by atoms with Gasteiger partial charge in [-0.05, 0) is 35.3 Å². The Hall–Kier alpha value is 0.330. The topological polar surface area (TPSA) is 73.1 Å². The zero-order valence-electron chi connectivity index (χ0n) is 10.1. The maximum Gasteiger partial charge on any atom is 0.454 e. The molecule has 0 amide bonds. The van der Waals surface area contributed by atoms with Crippen LogP contribution in [0.5, 0.6) is 0 Å². The van der Waals surface area contributed by atoms with Crippen molar-refractivity contribution in [1.29, 1.82) is 0 Å². The minimum atomic E-state index is -3.79. The lowest BCUT2D eigenvalue weighted by atomic mass is 10.2. The molecule has 0 aromatic heterocycles. The zero-order valence-corrected chi connectivity index (χ0v) is 11.8. The van der Waals surface area contributed by atoms with Crippen LogP contribution in [0.2, 0.25) is 0 Å². The fourth-order valence-corrected chi connectivity index (χ4v) is 9.06. The lowest BCUT2D eigenvalue weighted by Gasteiger charge is -2.38. The Balaban J connectivity index is 3.05. The molecule has 0 radical (unpaired) electrons. The van der Waals surface area contributed by atoms with Crippen LogP contribution in [-0.4, -0.2) is 37.8 Å². The van der Waals surface area contributed by atoms with E-state index in [0.717, 1.165) is 37.3 Å². The Bertz CT molecular complexity index is 267. The Kier molecular flexibility index (Phi) is 5.20. The quantitative estimate of drug-likeness (QED) is 0.686. The Labute approximate surface area is 99.4 Å². The van der Waals surface area contributed by atoms with Gasteiger partial charge in [-0.15, -0.1) is 0 Å². The summed E-state index contributed by atoms with van der Waals surface area (Å²) in [7, 11) is -5.66. The van der Waals surface area contributed by atoms with Crippen molar-refractivity contribution in [3.05, 3.63) is 0 Å². The molecule has 1 atom stereocenters. The van der Waals surface area contributed by atoms with Crippen LogP contribution >= 0.6 is 16.8 Å². The van der Waals surface area contributed by atoms with E-state index in [1.54, 1.807) is 0 Å². The summed E-state index contributed by atoms with van der Waals surface area (Å²) in [5, 5.41) is 0.906. The summed E-state index contributed by atoms with van der Waals surface area (Å²) in [6, 6.07) is 0. The molecule has 0 fully saturated rings. The van der Waals surface area contributed by atoms with Gasteiger partial charge in [0.2, 0.25) is 0 Å². The van der Waals surface area contributed by atoms with Gasteiger partial charge < -0.3 is 0 Å². The van der Waals surface area contributed by atoms with Crippen LogP contribution in [0.4, 0.5) is 0 Å². The summed E-state index contributed by atoms with van der Waals surface area (Å²) < 4.78 is 0. The van der Waals surface area contributed by atoms with E-state index in [4.69, 9.17) is 0 Å². The average Bonchev–Trinajstić information content (AvgIpc) is 2.25. The molecule has 1 unspecified atom stereocenters. The van der Waals surface area contributed by atoms with E-state index in [0.29, 0.717) is 11.5 Å². The summed E-state index contributed by atoms with van der Waals surface area (Å²) in [4.78, 5) is 33.8. The number of aliphatic imine (C=N–C) groups is 1. The first-order valence-electron chi connectivity index (χ1n) is 5.87. The van der Waals surface area contributed by atoms with Crippen molar-refractivity contribution in [2.75, 3.05) is 18.1 Å². The van der Waals surface area contributed by atoms with Gasteiger partial charge in [0.15, 0.2) is 0 Å². The fourth-order valence-electron chi connectivity index (χ4n) is 2.18. The van der Waals surface area contributed by atoms with Crippen LogP contribution in [0.15, 0.2) is 4.99 Å². The summed E-state index contributed by atoms with van der Waals surface area (Å²) in [5.74, 6) is 1.30. The Morgan fingerprint density at radius 2 is 1.94 bits per heavy atom. The van der Waals surface area contributed by atoms with Crippen LogP contribution in [-0.2, 0) is 0 Å². The van der Waals surface area contributed by atoms with Crippen molar-refractivity contribution in [1.82, 2.24) is 0 Å². The predicted molar refractivity (Wildman–Crippen MR) is 73.0 cm³/mol. The second-order valence-corrected chi connectivity index (χ2v) is 11.8. The molecule has 6 heteroatoms. The van der Waals surface area contributed by atoms with E-state index >= 15 is 0 Å². The Morgan fingerprint density at radius 1 is 1.25 bits per heavy atom. The third-order valence-corrected chi connectivity index (χ3v) is 12.0. The van der Waals surface area contributed by atoms with E-state index in [9.17, 15) is 14.7 Å². The largest absolute Gasteiger partial charge is 0.454 e. The van der Waals surface area contributed by atoms with E-state index in [1.165, 1.54) is 0 Å². The van der Waals surface area contributed by atoms with Crippen LogP contribution in [0.3, 0.4) is 0 Å². The lowest BCUT2D eigenvalue weighted by Crippen LogP contribution is -2.23. The van der Waals surface area contributed by atoms with Crippen molar-refractivity contribution in [2.45, 2.75) is 39.5 Å². The molecule has 96 valence electrons. The van der Waals surface area contributed by atoms with Crippen LogP contribution in [0.25, 0.3) is 0 Å². The molecule has 0 aromatic rings. The molecule has 4 nitrogen and oxygen atoms in total. The molecule has 16 heavy (non-hydrogen) atoms. The average molecular weight is 268 g/mol. The van der Waals surface area contributed by atoms with Gasteiger partial charge in [0.05, 0.1) is 5.04 Å². The maximum absolute atomic E-state index is 9.79. The van der Waals surface area contributed by atoms with E-state index < -0.39 is 16.8 Å². The molecular formula is C10H23NO3PS+. The SMILES string of the molecule is CCCS(CC)(C1=NCCCC1)[P+](O)(O)O. The normalized spacial score (nSPS) is 23.4. The molecule has 0 saturated carbocycles. The molecule has 1 heterocycles. The van der Waals surface area contributed by atoms with Gasteiger partial charge in [-0.3, -0.25) is 4.99 Å². The Morgan fingerprint density at radius 3 is 2.31 bits per heavy atom. The van der Waals surface area contributed by atoms with E-state index in [2.05, 4.69) is 4.99 Å². The summed E-state index contributed by atoms with van der Waals surface area (Å²) in [6.07, 6.45) is 3.80. The van der Waals surface area contributed by atoms with Gasteiger partial charge in [-0.1, -0.05) is 13.8 Å². The minimum Gasteiger partial charge on any atom is -0.281 e. The molecule has 0 aliphatic carbocycles. The van der Waals surface area contributed by atoms with Gasteiger partial charge in [0.25, 0.3) is 0 Å². The molecule has 0 bridgehead atoms. The summed E-state index contributed by atoms with van der Waals surface area (Å²) in [5.41, 5.74) is 0. The third kappa shape index (κ3) is 2.77. The number of hydrogen-bond acceptors (Lipinski definition) is 4. The molecule has 1 rings (SSSR count). The monoisotopic (exact) mass is 268 g/mol. The van der Waals surface area contributed by atoms with Gasteiger partial charge >= 0.3 is 7.15 Å². The molecule has 0 aromatic carbocycles. The minimum absolute atomic E-state index is 0.622. The van der Waals surface area contributed by atoms with E-state index in [1.807, 2.05) is 13.8 Å². The van der Waals surface area contributed by atoms with Gasteiger partial charge in [-0.2, -0.15) is 14.7 Å². The number of rotatable bonds is 4. The molecule has 0 saturated heterocycles. The summed E-state index contributed by atoms with van der Waals surface area (Å²) >= 11 is 0. The first-order valence-corrected chi connectivity index (χ1v) is 10.1. The summed E-state index contributed by atoms with van der Waals surface area (Å²) in [6.45, 7) is 4.71. The fraction of sp³-hybridized carbons (Fsp3) is 0.900. The second-order valence-electron chi connectivity index (χ2n) is 4.08. The van der Waals surface area contributed by atoms with Crippen LogP contribution in [0, 0.1) is 0 Å². The van der Waals surface area contributed by atoms with Crippen LogP contribution in [0.1, 0.15) is 39.5 Å². The zero-order chi connectivity index (χ0) is 12.2.